The van der Waals surface area contributed by atoms with Crippen LogP contribution in [-0.2, 0) is 0 Å². The Morgan fingerprint density at radius 3 is 2.00 bits per heavy atom. The molecule has 0 bridgehead atoms. The maximum absolute atomic E-state index is 13.7. The van der Waals surface area contributed by atoms with Gasteiger partial charge < -0.3 is 5.32 Å². The van der Waals surface area contributed by atoms with Gasteiger partial charge in [0, 0.05) is 11.6 Å². The van der Waals surface area contributed by atoms with E-state index in [1.165, 1.54) is 18.2 Å². The quantitative estimate of drug-likeness (QED) is 0.622. The summed E-state index contributed by atoms with van der Waals surface area (Å²) in [6, 6.07) is 4.95. The van der Waals surface area contributed by atoms with E-state index in [4.69, 9.17) is 0 Å². The lowest BCUT2D eigenvalue weighted by molar-refractivity contribution is 0.455. The summed E-state index contributed by atoms with van der Waals surface area (Å²) < 4.78 is 67.3. The fourth-order valence-electron chi connectivity index (χ4n) is 2.03. The maximum Gasteiger partial charge on any atom is 0.185 e. The van der Waals surface area contributed by atoms with E-state index in [9.17, 15) is 22.0 Å². The summed E-state index contributed by atoms with van der Waals surface area (Å²) >= 11 is 0. The van der Waals surface area contributed by atoms with E-state index in [0.29, 0.717) is 0 Å². The van der Waals surface area contributed by atoms with Crippen molar-refractivity contribution in [3.05, 3.63) is 65.0 Å². The average Bonchev–Trinajstić information content (AvgIpc) is 2.47. The van der Waals surface area contributed by atoms with Gasteiger partial charge in [-0.05, 0) is 12.5 Å². The lowest BCUT2D eigenvalue weighted by atomic mass is 10.0. The molecule has 0 spiro atoms. The molecule has 2 rings (SSSR count). The van der Waals surface area contributed by atoms with E-state index in [1.54, 1.807) is 13.0 Å². The molecule has 112 valence electrons. The number of anilines is 1. The zero-order valence-electron chi connectivity index (χ0n) is 11.1. The van der Waals surface area contributed by atoms with Crippen LogP contribution in [0.1, 0.15) is 24.9 Å². The highest BCUT2D eigenvalue weighted by Crippen LogP contribution is 2.30. The molecule has 0 aliphatic heterocycles. The third kappa shape index (κ3) is 2.99. The Hall–Kier alpha value is -2.11. The Morgan fingerprint density at radius 1 is 0.905 bits per heavy atom. The Balaban J connectivity index is 2.43. The topological polar surface area (TPSA) is 12.0 Å². The van der Waals surface area contributed by atoms with Crippen molar-refractivity contribution in [3.8, 4) is 0 Å². The molecule has 2 aromatic rings. The highest BCUT2D eigenvalue weighted by molar-refractivity contribution is 5.49. The second-order valence-electron chi connectivity index (χ2n) is 4.47. The summed E-state index contributed by atoms with van der Waals surface area (Å²) in [6.07, 6.45) is 0.262. The average molecular weight is 301 g/mol. The van der Waals surface area contributed by atoms with Crippen molar-refractivity contribution in [1.29, 1.82) is 0 Å². The van der Waals surface area contributed by atoms with Crippen molar-refractivity contribution in [1.82, 2.24) is 0 Å². The molecule has 0 radical (unpaired) electrons. The molecule has 1 N–H and O–H groups in total. The van der Waals surface area contributed by atoms with E-state index < -0.39 is 40.8 Å². The molecule has 0 saturated carbocycles. The van der Waals surface area contributed by atoms with Gasteiger partial charge in [-0.15, -0.1) is 0 Å². The van der Waals surface area contributed by atoms with E-state index in [1.807, 2.05) is 0 Å². The van der Waals surface area contributed by atoms with Gasteiger partial charge in [-0.3, -0.25) is 0 Å². The molecule has 1 unspecified atom stereocenters. The predicted molar refractivity (Wildman–Crippen MR) is 69.3 cm³/mol. The van der Waals surface area contributed by atoms with E-state index in [0.717, 1.165) is 0 Å². The second kappa shape index (κ2) is 6.11. The van der Waals surface area contributed by atoms with Gasteiger partial charge in [0.1, 0.15) is 11.5 Å². The molecule has 0 amide bonds. The minimum Gasteiger partial charge on any atom is -0.373 e. The van der Waals surface area contributed by atoms with Crippen molar-refractivity contribution in [2.24, 2.45) is 0 Å². The lowest BCUT2D eigenvalue weighted by Crippen LogP contribution is -2.15. The second-order valence-corrected chi connectivity index (χ2v) is 4.47. The van der Waals surface area contributed by atoms with Crippen molar-refractivity contribution < 1.29 is 22.0 Å². The molecule has 1 atom stereocenters. The number of benzene rings is 2. The highest BCUT2D eigenvalue weighted by atomic mass is 19.2. The molecule has 1 nitrogen and oxygen atoms in total. The van der Waals surface area contributed by atoms with Crippen molar-refractivity contribution in [2.75, 3.05) is 5.32 Å². The predicted octanol–water partition coefficient (Wildman–Crippen LogP) is 4.95. The van der Waals surface area contributed by atoms with Crippen LogP contribution in [0.5, 0.6) is 0 Å². The van der Waals surface area contributed by atoms with Gasteiger partial charge in [-0.2, -0.15) is 0 Å². The summed E-state index contributed by atoms with van der Waals surface area (Å²) in [5, 5.41) is 2.33. The third-order valence-corrected chi connectivity index (χ3v) is 3.12. The Kier molecular flexibility index (Phi) is 4.45. The molecule has 0 aliphatic carbocycles. The number of hydrogen-bond acceptors (Lipinski definition) is 1. The van der Waals surface area contributed by atoms with Gasteiger partial charge in [0.05, 0.1) is 6.04 Å². The largest absolute Gasteiger partial charge is 0.373 e. The van der Waals surface area contributed by atoms with Crippen LogP contribution in [0.25, 0.3) is 0 Å². The van der Waals surface area contributed by atoms with E-state index in [-0.39, 0.29) is 18.1 Å². The standard InChI is InChI=1S/C15H12F5N/c1-2-12(8-5-3-4-6-9(8)16)21-15-13(19)10(17)7-11(18)14(15)20/h3-7,12,21H,2H2,1H3. The van der Waals surface area contributed by atoms with Gasteiger partial charge in [-0.1, -0.05) is 25.1 Å². The minimum atomic E-state index is -1.54. The molecule has 0 saturated heterocycles. The first-order chi connectivity index (χ1) is 9.95. The number of nitrogens with one attached hydrogen (secondary N) is 1. The first-order valence-corrected chi connectivity index (χ1v) is 6.29. The first-order valence-electron chi connectivity index (χ1n) is 6.29. The molecule has 0 fully saturated rings. The maximum atomic E-state index is 13.7. The first kappa shape index (κ1) is 15.3. The Labute approximate surface area is 118 Å². The fourth-order valence-corrected chi connectivity index (χ4v) is 2.03. The molecule has 0 aromatic heterocycles. The van der Waals surface area contributed by atoms with Crippen LogP contribution in [0.2, 0.25) is 0 Å². The Bertz CT molecular complexity index is 631. The van der Waals surface area contributed by atoms with Crippen LogP contribution >= 0.6 is 0 Å². The number of rotatable bonds is 4. The van der Waals surface area contributed by atoms with Crippen molar-refractivity contribution in [3.63, 3.8) is 0 Å². The summed E-state index contributed by atoms with van der Waals surface area (Å²) in [5.41, 5.74) is -0.786. The van der Waals surface area contributed by atoms with Crippen LogP contribution in [0.3, 0.4) is 0 Å². The third-order valence-electron chi connectivity index (χ3n) is 3.12. The summed E-state index contributed by atoms with van der Waals surface area (Å²) in [4.78, 5) is 0. The van der Waals surface area contributed by atoms with Crippen molar-refractivity contribution >= 4 is 5.69 Å². The zero-order valence-corrected chi connectivity index (χ0v) is 11.1. The Morgan fingerprint density at radius 2 is 1.48 bits per heavy atom. The molecular weight excluding hydrogens is 289 g/mol. The molecule has 2 aromatic carbocycles. The van der Waals surface area contributed by atoms with Gasteiger partial charge in [0.2, 0.25) is 0 Å². The molecule has 21 heavy (non-hydrogen) atoms. The van der Waals surface area contributed by atoms with Gasteiger partial charge >= 0.3 is 0 Å². The van der Waals surface area contributed by atoms with Crippen LogP contribution in [0.4, 0.5) is 27.6 Å². The number of hydrogen-bond donors (Lipinski definition) is 1. The van der Waals surface area contributed by atoms with Gasteiger partial charge in [0.15, 0.2) is 23.3 Å². The summed E-state index contributed by atoms with van der Waals surface area (Å²) in [6.45, 7) is 1.65. The lowest BCUT2D eigenvalue weighted by Gasteiger charge is -2.20. The molecule has 6 heteroatoms. The summed E-state index contributed by atoms with van der Waals surface area (Å²) in [5.74, 6) is -6.68. The fraction of sp³-hybridized carbons (Fsp3) is 0.200. The monoisotopic (exact) mass is 301 g/mol. The van der Waals surface area contributed by atoms with Crippen LogP contribution in [-0.4, -0.2) is 0 Å². The minimum absolute atomic E-state index is 0.125. The molecule has 0 heterocycles. The van der Waals surface area contributed by atoms with E-state index in [2.05, 4.69) is 5.32 Å². The highest BCUT2D eigenvalue weighted by Gasteiger charge is 2.22. The van der Waals surface area contributed by atoms with Gasteiger partial charge in [-0.25, -0.2) is 22.0 Å². The molecular formula is C15H12F5N. The van der Waals surface area contributed by atoms with Crippen LogP contribution < -0.4 is 5.32 Å². The van der Waals surface area contributed by atoms with E-state index >= 15 is 0 Å². The summed E-state index contributed by atoms with van der Waals surface area (Å²) in [7, 11) is 0. The zero-order chi connectivity index (χ0) is 15.6. The smallest absolute Gasteiger partial charge is 0.185 e. The van der Waals surface area contributed by atoms with Gasteiger partial charge in [0.25, 0.3) is 0 Å². The normalized spacial score (nSPS) is 12.3. The molecule has 0 aliphatic rings. The SMILES string of the molecule is CCC(Nc1c(F)c(F)cc(F)c1F)c1ccccc1F. The van der Waals surface area contributed by atoms with Crippen molar-refractivity contribution in [2.45, 2.75) is 19.4 Å². The number of halogens is 5. The van der Waals surface area contributed by atoms with Crippen LogP contribution in [0.15, 0.2) is 30.3 Å². The van der Waals surface area contributed by atoms with Crippen LogP contribution in [0, 0.1) is 29.1 Å².